The van der Waals surface area contributed by atoms with Crippen molar-refractivity contribution in [2.24, 2.45) is 5.10 Å². The van der Waals surface area contributed by atoms with E-state index < -0.39 is 0 Å². The van der Waals surface area contributed by atoms with Crippen molar-refractivity contribution in [3.05, 3.63) is 95.6 Å². The van der Waals surface area contributed by atoms with Crippen molar-refractivity contribution in [2.45, 2.75) is 12.4 Å². The summed E-state index contributed by atoms with van der Waals surface area (Å²) in [5.74, 6) is 2.58. The van der Waals surface area contributed by atoms with Crippen molar-refractivity contribution in [1.82, 2.24) is 5.43 Å². The Morgan fingerprint density at radius 1 is 0.933 bits per heavy atom. The van der Waals surface area contributed by atoms with E-state index in [1.54, 1.807) is 13.3 Å². The van der Waals surface area contributed by atoms with Gasteiger partial charge in [0.05, 0.1) is 19.1 Å². The van der Waals surface area contributed by atoms with Gasteiger partial charge in [0.25, 0.3) is 0 Å². The fraction of sp³-hybridized carbons (Fsp3) is 0.167. The van der Waals surface area contributed by atoms with Gasteiger partial charge in [-0.3, -0.25) is 4.79 Å². The van der Waals surface area contributed by atoms with Gasteiger partial charge >= 0.3 is 0 Å². The van der Waals surface area contributed by atoms with Crippen molar-refractivity contribution in [2.75, 3.05) is 12.9 Å². The zero-order chi connectivity index (χ0) is 21.0. The molecule has 1 N–H and O–H groups in total. The highest BCUT2D eigenvalue weighted by atomic mass is 32.2. The maximum absolute atomic E-state index is 11.9. The quantitative estimate of drug-likeness (QED) is 0.383. The number of ether oxygens (including phenoxy) is 2. The molecule has 0 bridgehead atoms. The molecule has 0 radical (unpaired) electrons. The van der Waals surface area contributed by atoms with E-state index in [0.29, 0.717) is 12.4 Å². The van der Waals surface area contributed by atoms with E-state index in [1.165, 1.54) is 11.8 Å². The van der Waals surface area contributed by atoms with E-state index in [9.17, 15) is 4.79 Å². The Balaban J connectivity index is 1.36. The molecule has 3 rings (SSSR count). The van der Waals surface area contributed by atoms with Crippen molar-refractivity contribution < 1.29 is 14.3 Å². The Kier molecular flexibility index (Phi) is 8.35. The van der Waals surface area contributed by atoms with Crippen LogP contribution in [0.2, 0.25) is 0 Å². The predicted molar refractivity (Wildman–Crippen MR) is 122 cm³/mol. The number of nitrogens with zero attached hydrogens (tertiary/aromatic N) is 1. The SMILES string of the molecule is COc1ccc(CSCC(=O)N/N=C\c2ccc(OCc3ccccc3)cc2)cc1. The maximum atomic E-state index is 11.9. The van der Waals surface area contributed by atoms with Crippen LogP contribution in [0.5, 0.6) is 11.5 Å². The molecule has 0 aliphatic heterocycles. The number of nitrogens with one attached hydrogen (secondary N) is 1. The molecule has 30 heavy (non-hydrogen) atoms. The van der Waals surface area contributed by atoms with Crippen LogP contribution in [0.1, 0.15) is 16.7 Å². The molecule has 5 nitrogen and oxygen atoms in total. The predicted octanol–water partition coefficient (Wildman–Crippen LogP) is 4.66. The molecular weight excluding hydrogens is 396 g/mol. The van der Waals surface area contributed by atoms with Crippen molar-refractivity contribution in [1.29, 1.82) is 0 Å². The van der Waals surface area contributed by atoms with Crippen LogP contribution in [0.3, 0.4) is 0 Å². The third-order valence-corrected chi connectivity index (χ3v) is 5.20. The Hall–Kier alpha value is -3.25. The lowest BCUT2D eigenvalue weighted by atomic mass is 10.2. The number of amides is 1. The van der Waals surface area contributed by atoms with Crippen LogP contribution in [0, 0.1) is 0 Å². The summed E-state index contributed by atoms with van der Waals surface area (Å²) in [5, 5.41) is 4.02. The van der Waals surface area contributed by atoms with Crippen LogP contribution in [0.15, 0.2) is 84.0 Å². The second kappa shape index (κ2) is 11.7. The molecule has 0 aromatic heterocycles. The van der Waals surface area contributed by atoms with Crippen LogP contribution in [0.4, 0.5) is 0 Å². The van der Waals surface area contributed by atoms with E-state index in [0.717, 1.165) is 33.9 Å². The van der Waals surface area contributed by atoms with Crippen molar-refractivity contribution >= 4 is 23.9 Å². The largest absolute Gasteiger partial charge is 0.497 e. The molecule has 0 aliphatic rings. The number of carbonyl (C=O) groups is 1. The first-order valence-corrected chi connectivity index (χ1v) is 10.7. The lowest BCUT2D eigenvalue weighted by molar-refractivity contribution is -0.118. The molecule has 0 saturated carbocycles. The standard InChI is InChI=1S/C24H24N2O3S/c1-28-22-11-9-21(10-12-22)17-30-18-24(27)26-25-15-19-7-13-23(14-8-19)29-16-20-5-3-2-4-6-20/h2-15H,16-18H2,1H3,(H,26,27)/b25-15-. The Bertz CT molecular complexity index is 942. The van der Waals surface area contributed by atoms with Gasteiger partial charge in [0.15, 0.2) is 0 Å². The summed E-state index contributed by atoms with van der Waals surface area (Å²) in [7, 11) is 1.64. The van der Waals surface area contributed by atoms with Gasteiger partial charge in [0, 0.05) is 5.75 Å². The van der Waals surface area contributed by atoms with Gasteiger partial charge in [-0.2, -0.15) is 5.10 Å². The minimum atomic E-state index is -0.132. The lowest BCUT2D eigenvalue weighted by Gasteiger charge is -2.06. The maximum Gasteiger partial charge on any atom is 0.250 e. The molecular formula is C24H24N2O3S. The smallest absolute Gasteiger partial charge is 0.250 e. The number of carbonyl (C=O) groups excluding carboxylic acids is 1. The molecule has 0 atom stereocenters. The second-order valence-electron chi connectivity index (χ2n) is 6.48. The first-order valence-electron chi connectivity index (χ1n) is 9.52. The van der Waals surface area contributed by atoms with Gasteiger partial charge < -0.3 is 9.47 Å². The highest BCUT2D eigenvalue weighted by molar-refractivity contribution is 7.99. The number of rotatable bonds is 10. The third kappa shape index (κ3) is 7.29. The molecule has 0 aliphatic carbocycles. The minimum absolute atomic E-state index is 0.132. The average molecular weight is 421 g/mol. The first-order chi connectivity index (χ1) is 14.7. The Morgan fingerprint density at radius 3 is 2.33 bits per heavy atom. The number of hydrogen-bond acceptors (Lipinski definition) is 5. The highest BCUT2D eigenvalue weighted by Gasteiger charge is 2.01. The van der Waals surface area contributed by atoms with E-state index in [4.69, 9.17) is 9.47 Å². The van der Waals surface area contributed by atoms with Gasteiger partial charge in [-0.25, -0.2) is 5.43 Å². The third-order valence-electron chi connectivity index (χ3n) is 4.19. The Morgan fingerprint density at radius 2 is 1.63 bits per heavy atom. The highest BCUT2D eigenvalue weighted by Crippen LogP contribution is 2.16. The average Bonchev–Trinajstić information content (AvgIpc) is 2.80. The van der Waals surface area contributed by atoms with Crippen LogP contribution in [0.25, 0.3) is 0 Å². The molecule has 0 saturated heterocycles. The Labute approximate surface area is 181 Å². The summed E-state index contributed by atoms with van der Waals surface area (Å²) in [5.41, 5.74) is 5.70. The number of thioether (sulfide) groups is 1. The van der Waals surface area contributed by atoms with Crippen molar-refractivity contribution in [3.63, 3.8) is 0 Å². The topological polar surface area (TPSA) is 59.9 Å². The molecule has 0 spiro atoms. The van der Waals surface area contributed by atoms with Crippen LogP contribution >= 0.6 is 11.8 Å². The van der Waals surface area contributed by atoms with Gasteiger partial charge in [-0.15, -0.1) is 11.8 Å². The van der Waals surface area contributed by atoms with E-state index in [1.807, 2.05) is 78.9 Å². The molecule has 3 aromatic carbocycles. The zero-order valence-electron chi connectivity index (χ0n) is 16.8. The molecule has 0 heterocycles. The van der Waals surface area contributed by atoms with Gasteiger partial charge in [-0.1, -0.05) is 42.5 Å². The first kappa shape index (κ1) is 21.5. The van der Waals surface area contributed by atoms with Gasteiger partial charge in [0.2, 0.25) is 5.91 Å². The van der Waals surface area contributed by atoms with E-state index in [-0.39, 0.29) is 5.91 Å². The molecule has 3 aromatic rings. The van der Waals surface area contributed by atoms with Crippen LogP contribution < -0.4 is 14.9 Å². The molecule has 6 heteroatoms. The summed E-state index contributed by atoms with van der Waals surface area (Å²) < 4.78 is 10.9. The van der Waals surface area contributed by atoms with Gasteiger partial charge in [0.1, 0.15) is 18.1 Å². The second-order valence-corrected chi connectivity index (χ2v) is 7.46. The number of benzene rings is 3. The van der Waals surface area contributed by atoms with Crippen LogP contribution in [-0.4, -0.2) is 25.0 Å². The molecule has 1 amide bonds. The monoisotopic (exact) mass is 420 g/mol. The number of methoxy groups -OCH3 is 1. The minimum Gasteiger partial charge on any atom is -0.497 e. The zero-order valence-corrected chi connectivity index (χ0v) is 17.6. The molecule has 0 fully saturated rings. The van der Waals surface area contributed by atoms with E-state index >= 15 is 0 Å². The van der Waals surface area contributed by atoms with E-state index in [2.05, 4.69) is 10.5 Å². The molecule has 0 unspecified atom stereocenters. The summed E-state index contributed by atoms with van der Waals surface area (Å²) in [4.78, 5) is 11.9. The fourth-order valence-corrected chi connectivity index (χ4v) is 3.37. The van der Waals surface area contributed by atoms with Crippen molar-refractivity contribution in [3.8, 4) is 11.5 Å². The lowest BCUT2D eigenvalue weighted by Crippen LogP contribution is -2.19. The summed E-state index contributed by atoms with van der Waals surface area (Å²) in [6.07, 6.45) is 1.62. The number of hydrazone groups is 1. The van der Waals surface area contributed by atoms with Crippen LogP contribution in [-0.2, 0) is 17.2 Å². The van der Waals surface area contributed by atoms with Gasteiger partial charge in [-0.05, 0) is 53.1 Å². The fourth-order valence-electron chi connectivity index (χ4n) is 2.59. The summed E-state index contributed by atoms with van der Waals surface area (Å²) in [6.45, 7) is 0.526. The number of hydrogen-bond donors (Lipinski definition) is 1. The summed E-state index contributed by atoms with van der Waals surface area (Å²) >= 11 is 1.54. The molecule has 154 valence electrons. The normalized spacial score (nSPS) is 10.7. The summed E-state index contributed by atoms with van der Waals surface area (Å²) in [6, 6.07) is 25.4.